The number of carbonyl (C=O) groups is 1. The lowest BCUT2D eigenvalue weighted by molar-refractivity contribution is -0.135. The van der Waals surface area contributed by atoms with Crippen molar-refractivity contribution in [1.82, 2.24) is 10.2 Å². The Balaban J connectivity index is 2.20. The normalized spacial score (nSPS) is 21.2. The van der Waals surface area contributed by atoms with Crippen LogP contribution in [0.3, 0.4) is 0 Å². The Bertz CT molecular complexity index is 428. The summed E-state index contributed by atoms with van der Waals surface area (Å²) in [7, 11) is 0. The molecule has 4 nitrogen and oxygen atoms in total. The fraction of sp³-hybridized carbons (Fsp3) is 0.533. The molecule has 1 heterocycles. The maximum Gasteiger partial charge on any atom is 0.239 e. The minimum absolute atomic E-state index is 0.0334. The molecular weight excluding hydrogens is 238 g/mol. The fourth-order valence-corrected chi connectivity index (χ4v) is 2.50. The number of carbonyl (C=O) groups excluding carboxylic acids is 1. The van der Waals surface area contributed by atoms with Gasteiger partial charge in [-0.2, -0.15) is 0 Å². The molecule has 0 aromatic heterocycles. The molecule has 2 atom stereocenters. The maximum absolute atomic E-state index is 12.2. The van der Waals surface area contributed by atoms with Crippen molar-refractivity contribution < 1.29 is 4.79 Å². The van der Waals surface area contributed by atoms with Crippen molar-refractivity contribution in [2.24, 2.45) is 5.73 Å². The summed E-state index contributed by atoms with van der Waals surface area (Å²) in [6, 6.07) is 8.18. The standard InChI is InChI=1S/C15H23N3O/c1-3-12-4-6-13(7-5-12)14-10-17-8-9-18(14)15(19)11(2)16/h4-7,11,14,17H,3,8-10,16H2,1-2H3/t11-,14?/m1/s1. The lowest BCUT2D eigenvalue weighted by atomic mass is 10.0. The number of rotatable bonds is 3. The molecule has 104 valence electrons. The van der Waals surface area contributed by atoms with Crippen molar-refractivity contribution in [3.63, 3.8) is 0 Å². The van der Waals surface area contributed by atoms with E-state index in [0.717, 1.165) is 26.1 Å². The quantitative estimate of drug-likeness (QED) is 0.855. The molecule has 1 amide bonds. The van der Waals surface area contributed by atoms with Gasteiger partial charge in [-0.25, -0.2) is 0 Å². The van der Waals surface area contributed by atoms with E-state index in [2.05, 4.69) is 36.5 Å². The summed E-state index contributed by atoms with van der Waals surface area (Å²) in [5.74, 6) is 0.0334. The molecule has 19 heavy (non-hydrogen) atoms. The topological polar surface area (TPSA) is 58.4 Å². The van der Waals surface area contributed by atoms with Gasteiger partial charge >= 0.3 is 0 Å². The Kier molecular flexibility index (Phi) is 4.56. The van der Waals surface area contributed by atoms with Crippen molar-refractivity contribution in [3.05, 3.63) is 35.4 Å². The Morgan fingerprint density at radius 1 is 1.47 bits per heavy atom. The SMILES string of the molecule is CCc1ccc(C2CNCCN2C(=O)[C@@H](C)N)cc1. The zero-order chi connectivity index (χ0) is 13.8. The highest BCUT2D eigenvalue weighted by atomic mass is 16.2. The molecule has 1 saturated heterocycles. The smallest absolute Gasteiger partial charge is 0.239 e. The van der Waals surface area contributed by atoms with Gasteiger partial charge in [-0.15, -0.1) is 0 Å². The summed E-state index contributed by atoms with van der Waals surface area (Å²) < 4.78 is 0. The van der Waals surface area contributed by atoms with E-state index in [1.165, 1.54) is 11.1 Å². The predicted molar refractivity (Wildman–Crippen MR) is 76.8 cm³/mol. The second-order valence-electron chi connectivity index (χ2n) is 5.14. The molecule has 4 heteroatoms. The summed E-state index contributed by atoms with van der Waals surface area (Å²) >= 11 is 0. The third kappa shape index (κ3) is 3.14. The van der Waals surface area contributed by atoms with Crippen LogP contribution < -0.4 is 11.1 Å². The van der Waals surface area contributed by atoms with Crippen molar-refractivity contribution in [2.45, 2.75) is 32.4 Å². The zero-order valence-electron chi connectivity index (χ0n) is 11.7. The molecule has 1 aromatic carbocycles. The first-order chi connectivity index (χ1) is 9.13. The average molecular weight is 261 g/mol. The van der Waals surface area contributed by atoms with Gasteiger partial charge in [-0.3, -0.25) is 4.79 Å². The number of nitrogens with zero attached hydrogens (tertiary/aromatic N) is 1. The first-order valence-corrected chi connectivity index (χ1v) is 6.99. The van der Waals surface area contributed by atoms with E-state index < -0.39 is 6.04 Å². The summed E-state index contributed by atoms with van der Waals surface area (Å²) in [6.45, 7) is 6.25. The molecule has 1 fully saturated rings. The summed E-state index contributed by atoms with van der Waals surface area (Å²) in [5, 5.41) is 3.35. The number of nitrogens with one attached hydrogen (secondary N) is 1. The lowest BCUT2D eigenvalue weighted by Gasteiger charge is -2.37. The van der Waals surface area contributed by atoms with Crippen LogP contribution in [-0.4, -0.2) is 36.5 Å². The Morgan fingerprint density at radius 2 is 2.16 bits per heavy atom. The number of hydrogen-bond donors (Lipinski definition) is 2. The van der Waals surface area contributed by atoms with Crippen LogP contribution in [0.5, 0.6) is 0 Å². The highest BCUT2D eigenvalue weighted by molar-refractivity contribution is 5.81. The van der Waals surface area contributed by atoms with Crippen LogP contribution in [0.4, 0.5) is 0 Å². The van der Waals surface area contributed by atoms with Crippen LogP contribution in [0.25, 0.3) is 0 Å². The molecule has 1 aromatic rings. The van der Waals surface area contributed by atoms with Crippen LogP contribution in [0.15, 0.2) is 24.3 Å². The van der Waals surface area contributed by atoms with Gasteiger partial charge in [-0.05, 0) is 24.5 Å². The van der Waals surface area contributed by atoms with Crippen LogP contribution in [-0.2, 0) is 11.2 Å². The molecule has 0 bridgehead atoms. The minimum Gasteiger partial charge on any atom is -0.332 e. The van der Waals surface area contributed by atoms with Crippen LogP contribution in [0.2, 0.25) is 0 Å². The largest absolute Gasteiger partial charge is 0.332 e. The molecule has 0 aliphatic carbocycles. The van der Waals surface area contributed by atoms with Gasteiger partial charge in [0.15, 0.2) is 0 Å². The molecule has 2 rings (SSSR count). The number of aryl methyl sites for hydroxylation is 1. The monoisotopic (exact) mass is 261 g/mol. The van der Waals surface area contributed by atoms with Gasteiger partial charge in [0.2, 0.25) is 5.91 Å². The van der Waals surface area contributed by atoms with E-state index in [1.807, 2.05) is 4.90 Å². The molecule has 1 aliphatic heterocycles. The molecule has 1 aliphatic rings. The number of benzene rings is 1. The van der Waals surface area contributed by atoms with Crippen molar-refractivity contribution in [1.29, 1.82) is 0 Å². The van der Waals surface area contributed by atoms with Gasteiger partial charge in [0.1, 0.15) is 0 Å². The van der Waals surface area contributed by atoms with Crippen molar-refractivity contribution >= 4 is 5.91 Å². The molecule has 1 unspecified atom stereocenters. The Hall–Kier alpha value is -1.39. The molecular formula is C15H23N3O. The number of nitrogens with two attached hydrogens (primary N) is 1. The van der Waals surface area contributed by atoms with E-state index in [-0.39, 0.29) is 11.9 Å². The van der Waals surface area contributed by atoms with Crippen LogP contribution >= 0.6 is 0 Å². The molecule has 0 spiro atoms. The second kappa shape index (κ2) is 6.17. The zero-order valence-corrected chi connectivity index (χ0v) is 11.7. The lowest BCUT2D eigenvalue weighted by Crippen LogP contribution is -2.52. The number of amides is 1. The van der Waals surface area contributed by atoms with E-state index >= 15 is 0 Å². The Morgan fingerprint density at radius 3 is 2.74 bits per heavy atom. The highest BCUT2D eigenvalue weighted by Gasteiger charge is 2.29. The maximum atomic E-state index is 12.2. The van der Waals surface area contributed by atoms with Gasteiger partial charge in [0.05, 0.1) is 12.1 Å². The van der Waals surface area contributed by atoms with E-state index in [1.54, 1.807) is 6.92 Å². The van der Waals surface area contributed by atoms with Crippen molar-refractivity contribution in [2.75, 3.05) is 19.6 Å². The average Bonchev–Trinajstić information content (AvgIpc) is 2.46. The number of hydrogen-bond acceptors (Lipinski definition) is 3. The Labute approximate surface area is 115 Å². The van der Waals surface area contributed by atoms with Crippen molar-refractivity contribution in [3.8, 4) is 0 Å². The van der Waals surface area contributed by atoms with Gasteiger partial charge in [0.25, 0.3) is 0 Å². The second-order valence-corrected chi connectivity index (χ2v) is 5.14. The molecule has 3 N–H and O–H groups in total. The first kappa shape index (κ1) is 14.0. The summed E-state index contributed by atoms with van der Waals surface area (Å²) in [4.78, 5) is 14.1. The third-order valence-corrected chi connectivity index (χ3v) is 3.69. The van der Waals surface area contributed by atoms with E-state index in [9.17, 15) is 4.79 Å². The van der Waals surface area contributed by atoms with Gasteiger partial charge < -0.3 is 16.0 Å². The summed E-state index contributed by atoms with van der Waals surface area (Å²) in [6.07, 6.45) is 1.03. The van der Waals surface area contributed by atoms with Gasteiger partial charge in [-0.1, -0.05) is 31.2 Å². The predicted octanol–water partition coefficient (Wildman–Crippen LogP) is 1.07. The van der Waals surface area contributed by atoms with E-state index in [0.29, 0.717) is 0 Å². The molecule has 0 saturated carbocycles. The van der Waals surface area contributed by atoms with E-state index in [4.69, 9.17) is 5.73 Å². The molecule has 0 radical (unpaired) electrons. The summed E-state index contributed by atoms with van der Waals surface area (Å²) in [5.41, 5.74) is 8.24. The minimum atomic E-state index is -0.435. The highest BCUT2D eigenvalue weighted by Crippen LogP contribution is 2.23. The van der Waals surface area contributed by atoms with Gasteiger partial charge in [0, 0.05) is 19.6 Å². The van der Waals surface area contributed by atoms with Crippen LogP contribution in [0.1, 0.15) is 31.0 Å². The first-order valence-electron chi connectivity index (χ1n) is 6.99. The fourth-order valence-electron chi connectivity index (χ4n) is 2.50. The van der Waals surface area contributed by atoms with Crippen LogP contribution in [0, 0.1) is 0 Å². The number of piperazine rings is 1. The third-order valence-electron chi connectivity index (χ3n) is 3.69.